The van der Waals surface area contributed by atoms with Gasteiger partial charge in [0.05, 0.1) is 0 Å². The van der Waals surface area contributed by atoms with E-state index in [0.717, 1.165) is 15.7 Å². The van der Waals surface area contributed by atoms with E-state index >= 15 is 0 Å². The molecule has 16 heavy (non-hydrogen) atoms. The monoisotopic (exact) mass is 279 g/mol. The first kappa shape index (κ1) is 10.9. The minimum atomic E-state index is -0.196. The third-order valence-electron chi connectivity index (χ3n) is 2.19. The zero-order valence-electron chi connectivity index (χ0n) is 8.62. The highest BCUT2D eigenvalue weighted by Gasteiger charge is 2.08. The van der Waals surface area contributed by atoms with E-state index in [1.165, 1.54) is 0 Å². The van der Waals surface area contributed by atoms with Crippen LogP contribution in [0.3, 0.4) is 0 Å². The van der Waals surface area contributed by atoms with Crippen LogP contribution in [-0.2, 0) is 0 Å². The number of H-pyrrole nitrogens is 1. The van der Waals surface area contributed by atoms with Crippen LogP contribution in [0.25, 0.3) is 0 Å². The van der Waals surface area contributed by atoms with Gasteiger partial charge in [0.2, 0.25) is 0 Å². The fourth-order valence-electron chi connectivity index (χ4n) is 1.30. The molecule has 0 fully saturated rings. The van der Waals surface area contributed by atoms with E-state index in [-0.39, 0.29) is 5.91 Å². The van der Waals surface area contributed by atoms with Crippen molar-refractivity contribution in [3.05, 3.63) is 46.2 Å². The normalized spacial score (nSPS) is 10.1. The first-order valence-electron chi connectivity index (χ1n) is 4.73. The summed E-state index contributed by atoms with van der Waals surface area (Å²) in [5.74, 6) is -0.196. The lowest BCUT2D eigenvalue weighted by molar-refractivity contribution is 0.102. The predicted molar refractivity (Wildman–Crippen MR) is 65.4 cm³/mol. The van der Waals surface area contributed by atoms with E-state index in [2.05, 4.69) is 31.4 Å². The first-order chi connectivity index (χ1) is 7.66. The van der Waals surface area contributed by atoms with Crippen LogP contribution in [0.4, 0.5) is 5.69 Å². The van der Waals surface area contributed by atoms with Crippen LogP contribution in [0.1, 0.15) is 16.1 Å². The van der Waals surface area contributed by atoms with Gasteiger partial charge >= 0.3 is 0 Å². The fourth-order valence-corrected chi connectivity index (χ4v) is 1.66. The van der Waals surface area contributed by atoms with E-state index in [4.69, 9.17) is 0 Å². The quantitative estimate of drug-likeness (QED) is 0.888. The summed E-state index contributed by atoms with van der Waals surface area (Å²) in [6, 6.07) is 7.36. The number of halogens is 1. The lowest BCUT2D eigenvalue weighted by atomic mass is 10.2. The Hall–Kier alpha value is -1.62. The molecule has 0 saturated heterocycles. The van der Waals surface area contributed by atoms with Gasteiger partial charge in [0.15, 0.2) is 0 Å². The third kappa shape index (κ3) is 2.30. The molecule has 1 amide bonds. The van der Waals surface area contributed by atoms with Crippen LogP contribution >= 0.6 is 15.9 Å². The van der Waals surface area contributed by atoms with Crippen LogP contribution in [0.5, 0.6) is 0 Å². The van der Waals surface area contributed by atoms with Gasteiger partial charge in [-0.15, -0.1) is 0 Å². The van der Waals surface area contributed by atoms with E-state index < -0.39 is 0 Å². The van der Waals surface area contributed by atoms with Crippen molar-refractivity contribution in [3.8, 4) is 0 Å². The summed E-state index contributed by atoms with van der Waals surface area (Å²) in [6.45, 7) is 1.94. The van der Waals surface area contributed by atoms with Crippen LogP contribution in [0.15, 0.2) is 34.9 Å². The Morgan fingerprint density at radius 3 is 2.94 bits per heavy atom. The second kappa shape index (κ2) is 4.49. The SMILES string of the molecule is Cc1ccc(Br)cc1NC(=O)c1ccn[nH]1. The summed E-state index contributed by atoms with van der Waals surface area (Å²) in [5, 5.41) is 9.16. The number of amides is 1. The van der Waals surface area contributed by atoms with E-state index in [0.29, 0.717) is 5.69 Å². The number of carbonyl (C=O) groups is 1. The van der Waals surface area contributed by atoms with E-state index in [1.807, 2.05) is 25.1 Å². The van der Waals surface area contributed by atoms with E-state index in [9.17, 15) is 4.79 Å². The third-order valence-corrected chi connectivity index (χ3v) is 2.69. The first-order valence-corrected chi connectivity index (χ1v) is 5.53. The molecule has 2 rings (SSSR count). The highest BCUT2D eigenvalue weighted by Crippen LogP contribution is 2.20. The van der Waals surface area contributed by atoms with Gasteiger partial charge in [-0.05, 0) is 30.7 Å². The molecule has 2 N–H and O–H groups in total. The van der Waals surface area contributed by atoms with Gasteiger partial charge in [-0.1, -0.05) is 22.0 Å². The highest BCUT2D eigenvalue weighted by atomic mass is 79.9. The molecule has 2 aromatic rings. The number of aryl methyl sites for hydroxylation is 1. The number of aromatic amines is 1. The Balaban J connectivity index is 2.21. The number of hydrogen-bond acceptors (Lipinski definition) is 2. The van der Waals surface area contributed by atoms with Gasteiger partial charge in [-0.25, -0.2) is 0 Å². The Morgan fingerprint density at radius 1 is 1.44 bits per heavy atom. The maximum atomic E-state index is 11.7. The second-order valence-corrected chi connectivity index (χ2v) is 4.30. The molecule has 4 nitrogen and oxygen atoms in total. The Bertz CT molecular complexity index is 508. The Kier molecular flexibility index (Phi) is 3.05. The molecule has 0 aliphatic rings. The van der Waals surface area contributed by atoms with Gasteiger partial charge in [0, 0.05) is 16.4 Å². The van der Waals surface area contributed by atoms with Crippen molar-refractivity contribution in [1.29, 1.82) is 0 Å². The topological polar surface area (TPSA) is 57.8 Å². The summed E-state index contributed by atoms with van der Waals surface area (Å²) in [4.78, 5) is 11.7. The van der Waals surface area contributed by atoms with Crippen LogP contribution in [0, 0.1) is 6.92 Å². The van der Waals surface area contributed by atoms with Gasteiger partial charge in [-0.3, -0.25) is 9.89 Å². The summed E-state index contributed by atoms with van der Waals surface area (Å²) >= 11 is 3.36. The molecule has 0 aliphatic heterocycles. The smallest absolute Gasteiger partial charge is 0.273 e. The maximum absolute atomic E-state index is 11.7. The number of rotatable bonds is 2. The molecule has 1 aromatic heterocycles. The van der Waals surface area contributed by atoms with Crippen LogP contribution < -0.4 is 5.32 Å². The van der Waals surface area contributed by atoms with Gasteiger partial charge in [-0.2, -0.15) is 5.10 Å². The van der Waals surface area contributed by atoms with Crippen molar-refractivity contribution < 1.29 is 4.79 Å². The lowest BCUT2D eigenvalue weighted by Gasteiger charge is -2.07. The average molecular weight is 280 g/mol. The lowest BCUT2D eigenvalue weighted by Crippen LogP contribution is -2.13. The predicted octanol–water partition coefficient (Wildman–Crippen LogP) is 2.73. The van der Waals surface area contributed by atoms with Gasteiger partial charge < -0.3 is 5.32 Å². The minimum Gasteiger partial charge on any atom is -0.320 e. The van der Waals surface area contributed by atoms with Crippen LogP contribution in [-0.4, -0.2) is 16.1 Å². The number of anilines is 1. The number of nitrogens with zero attached hydrogens (tertiary/aromatic N) is 1. The van der Waals surface area contributed by atoms with Gasteiger partial charge in [0.25, 0.3) is 5.91 Å². The molecule has 82 valence electrons. The summed E-state index contributed by atoms with van der Waals surface area (Å²) < 4.78 is 0.929. The molecule has 1 heterocycles. The van der Waals surface area contributed by atoms with Crippen molar-refractivity contribution in [1.82, 2.24) is 10.2 Å². The molecule has 0 atom stereocenters. The molecule has 5 heteroatoms. The minimum absolute atomic E-state index is 0.196. The number of aromatic nitrogens is 2. The van der Waals surface area contributed by atoms with Crippen molar-refractivity contribution in [2.24, 2.45) is 0 Å². The summed E-state index contributed by atoms with van der Waals surface area (Å²) in [6.07, 6.45) is 1.54. The average Bonchev–Trinajstić information content (AvgIpc) is 2.76. The Labute approximate surface area is 101 Å². The molecule has 0 radical (unpaired) electrons. The maximum Gasteiger partial charge on any atom is 0.273 e. The van der Waals surface area contributed by atoms with Crippen molar-refractivity contribution in [2.75, 3.05) is 5.32 Å². The van der Waals surface area contributed by atoms with E-state index in [1.54, 1.807) is 12.3 Å². The molecule has 0 aliphatic carbocycles. The number of nitrogens with one attached hydrogen (secondary N) is 2. The summed E-state index contributed by atoms with van der Waals surface area (Å²) in [7, 11) is 0. The molecule has 0 saturated carbocycles. The number of carbonyl (C=O) groups excluding carboxylic acids is 1. The molecule has 0 spiro atoms. The van der Waals surface area contributed by atoms with Crippen molar-refractivity contribution in [3.63, 3.8) is 0 Å². The van der Waals surface area contributed by atoms with Crippen molar-refractivity contribution in [2.45, 2.75) is 6.92 Å². The van der Waals surface area contributed by atoms with Gasteiger partial charge in [0.1, 0.15) is 5.69 Å². The largest absolute Gasteiger partial charge is 0.320 e. The Morgan fingerprint density at radius 2 is 2.25 bits per heavy atom. The van der Waals surface area contributed by atoms with Crippen LogP contribution in [0.2, 0.25) is 0 Å². The molecular weight excluding hydrogens is 270 g/mol. The number of benzene rings is 1. The second-order valence-electron chi connectivity index (χ2n) is 3.38. The standard InChI is InChI=1S/C11H10BrN3O/c1-7-2-3-8(12)6-10(7)14-11(16)9-4-5-13-15-9/h2-6H,1H3,(H,13,15)(H,14,16). The molecule has 0 bridgehead atoms. The zero-order valence-corrected chi connectivity index (χ0v) is 10.2. The zero-order chi connectivity index (χ0) is 11.5. The van der Waals surface area contributed by atoms with Crippen molar-refractivity contribution >= 4 is 27.5 Å². The summed E-state index contributed by atoms with van der Waals surface area (Å²) in [5.41, 5.74) is 2.24. The number of hydrogen-bond donors (Lipinski definition) is 2. The molecular formula is C11H10BrN3O. The molecule has 0 unspecified atom stereocenters. The highest BCUT2D eigenvalue weighted by molar-refractivity contribution is 9.10. The molecule has 1 aromatic carbocycles. The fraction of sp³-hybridized carbons (Fsp3) is 0.0909.